The molecule has 0 saturated heterocycles. The number of amides is 1. The fourth-order valence-electron chi connectivity index (χ4n) is 1.51. The van der Waals surface area contributed by atoms with E-state index in [1.165, 1.54) is 0 Å². The van der Waals surface area contributed by atoms with Crippen molar-refractivity contribution in [1.29, 1.82) is 0 Å². The third-order valence-corrected chi connectivity index (χ3v) is 3.55. The summed E-state index contributed by atoms with van der Waals surface area (Å²) in [6, 6.07) is 3.58. The first-order valence-corrected chi connectivity index (χ1v) is 6.89. The third kappa shape index (κ3) is 3.22. The molecule has 0 aliphatic rings. The van der Waals surface area contributed by atoms with E-state index in [1.54, 1.807) is 17.4 Å². The predicted octanol–water partition coefficient (Wildman–Crippen LogP) is 3.94. The summed E-state index contributed by atoms with van der Waals surface area (Å²) in [5.41, 5.74) is 2.29. The summed E-state index contributed by atoms with van der Waals surface area (Å²) in [6.07, 6.45) is 0.321. The highest BCUT2D eigenvalue weighted by Gasteiger charge is 2.11. The van der Waals surface area contributed by atoms with E-state index in [0.29, 0.717) is 17.3 Å². The van der Waals surface area contributed by atoms with Crippen molar-refractivity contribution in [2.75, 3.05) is 5.32 Å². The highest BCUT2D eigenvalue weighted by Crippen LogP contribution is 2.26. The molecule has 94 valence electrons. The number of nitrogens with zero attached hydrogens (tertiary/aromatic N) is 1. The first-order valence-electron chi connectivity index (χ1n) is 5.20. The van der Waals surface area contributed by atoms with E-state index < -0.39 is 0 Å². The van der Waals surface area contributed by atoms with Gasteiger partial charge in [-0.25, -0.2) is 4.98 Å². The van der Waals surface area contributed by atoms with Crippen LogP contribution >= 0.6 is 34.5 Å². The molecule has 0 atom stereocenters. The van der Waals surface area contributed by atoms with Gasteiger partial charge in [0, 0.05) is 0 Å². The molecule has 0 spiro atoms. The van der Waals surface area contributed by atoms with Crippen molar-refractivity contribution in [2.24, 2.45) is 0 Å². The third-order valence-electron chi connectivity index (χ3n) is 2.35. The Morgan fingerprint density at radius 2 is 2.28 bits per heavy atom. The minimum atomic E-state index is -0.123. The zero-order chi connectivity index (χ0) is 13.1. The Bertz CT molecular complexity index is 546. The average Bonchev–Trinajstić information content (AvgIpc) is 2.76. The quantitative estimate of drug-likeness (QED) is 0.872. The molecule has 0 unspecified atom stereocenters. The lowest BCUT2D eigenvalue weighted by molar-refractivity contribution is -0.115. The Hall–Kier alpha value is -1.10. The highest BCUT2D eigenvalue weighted by molar-refractivity contribution is 7.08. The first-order chi connectivity index (χ1) is 8.56. The highest BCUT2D eigenvalue weighted by atomic mass is 35.5. The maximum absolute atomic E-state index is 11.8. The van der Waals surface area contributed by atoms with Crippen molar-refractivity contribution in [3.8, 4) is 0 Å². The van der Waals surface area contributed by atoms with Gasteiger partial charge in [-0.05, 0) is 40.9 Å². The molecular formula is C12H10Cl2N2OS. The lowest BCUT2D eigenvalue weighted by Gasteiger charge is -2.09. The number of pyridine rings is 1. The summed E-state index contributed by atoms with van der Waals surface area (Å²) in [5, 5.41) is 7.15. The van der Waals surface area contributed by atoms with Gasteiger partial charge in [0.2, 0.25) is 5.91 Å². The molecule has 2 aromatic heterocycles. The number of halogens is 2. The van der Waals surface area contributed by atoms with E-state index in [-0.39, 0.29) is 11.1 Å². The molecule has 0 aromatic carbocycles. The van der Waals surface area contributed by atoms with Crippen LogP contribution in [0.2, 0.25) is 10.3 Å². The maximum atomic E-state index is 11.8. The molecule has 0 aliphatic carbocycles. The number of anilines is 1. The molecule has 2 rings (SSSR count). The van der Waals surface area contributed by atoms with Gasteiger partial charge < -0.3 is 5.32 Å². The van der Waals surface area contributed by atoms with Crippen molar-refractivity contribution in [3.05, 3.63) is 44.3 Å². The zero-order valence-corrected chi connectivity index (χ0v) is 11.9. The van der Waals surface area contributed by atoms with Crippen LogP contribution in [0.3, 0.4) is 0 Å². The monoisotopic (exact) mass is 300 g/mol. The first kappa shape index (κ1) is 13.3. The number of rotatable bonds is 3. The van der Waals surface area contributed by atoms with Crippen molar-refractivity contribution < 1.29 is 4.79 Å². The van der Waals surface area contributed by atoms with Crippen molar-refractivity contribution in [2.45, 2.75) is 13.3 Å². The molecule has 0 bridgehead atoms. The molecule has 6 heteroatoms. The normalized spacial score (nSPS) is 10.4. The Labute approximate surface area is 119 Å². The summed E-state index contributed by atoms with van der Waals surface area (Å²) in [6.45, 7) is 1.82. The number of hydrogen-bond donors (Lipinski definition) is 1. The SMILES string of the molecule is Cc1cc(Cl)nc(Cl)c1NC(=O)Cc1ccsc1. The van der Waals surface area contributed by atoms with Crippen LogP contribution in [-0.4, -0.2) is 10.9 Å². The largest absolute Gasteiger partial charge is 0.323 e. The number of aromatic nitrogens is 1. The van der Waals surface area contributed by atoms with Gasteiger partial charge in [-0.2, -0.15) is 11.3 Å². The number of aryl methyl sites for hydroxylation is 1. The molecule has 0 aliphatic heterocycles. The summed E-state index contributed by atoms with van der Waals surface area (Å²) in [7, 11) is 0. The maximum Gasteiger partial charge on any atom is 0.228 e. The van der Waals surface area contributed by atoms with Crippen molar-refractivity contribution in [1.82, 2.24) is 4.98 Å². The summed E-state index contributed by atoms with van der Waals surface area (Å²) in [4.78, 5) is 15.7. The molecule has 2 aromatic rings. The predicted molar refractivity (Wildman–Crippen MR) is 75.6 cm³/mol. The van der Waals surface area contributed by atoms with E-state index in [4.69, 9.17) is 23.2 Å². The standard InChI is InChI=1S/C12H10Cl2N2OS/c1-7-4-9(13)15-12(14)11(7)16-10(17)5-8-2-3-18-6-8/h2-4,6H,5H2,1H3,(H,16,17). The average molecular weight is 301 g/mol. The van der Waals surface area contributed by atoms with Crippen LogP contribution in [0.5, 0.6) is 0 Å². The van der Waals surface area contributed by atoms with Crippen LogP contribution in [0.15, 0.2) is 22.9 Å². The Morgan fingerprint density at radius 3 is 2.89 bits per heavy atom. The van der Waals surface area contributed by atoms with Gasteiger partial charge in [0.1, 0.15) is 5.15 Å². The number of carbonyl (C=O) groups excluding carboxylic acids is 1. The fourth-order valence-corrected chi connectivity index (χ4v) is 2.76. The van der Waals surface area contributed by atoms with Gasteiger partial charge in [-0.1, -0.05) is 23.2 Å². The Morgan fingerprint density at radius 1 is 1.50 bits per heavy atom. The molecule has 1 N–H and O–H groups in total. The molecule has 0 fully saturated rings. The van der Waals surface area contributed by atoms with E-state index in [9.17, 15) is 4.79 Å². The second kappa shape index (κ2) is 5.69. The lowest BCUT2D eigenvalue weighted by Crippen LogP contribution is -2.15. The molecule has 0 radical (unpaired) electrons. The lowest BCUT2D eigenvalue weighted by atomic mass is 10.2. The number of carbonyl (C=O) groups is 1. The fraction of sp³-hybridized carbons (Fsp3) is 0.167. The van der Waals surface area contributed by atoms with Crippen LogP contribution in [-0.2, 0) is 11.2 Å². The molecule has 3 nitrogen and oxygen atoms in total. The van der Waals surface area contributed by atoms with Gasteiger partial charge in [0.25, 0.3) is 0 Å². The summed E-state index contributed by atoms with van der Waals surface area (Å²) >= 11 is 13.3. The minimum Gasteiger partial charge on any atom is -0.323 e. The summed E-state index contributed by atoms with van der Waals surface area (Å²) in [5.74, 6) is -0.123. The number of nitrogens with one attached hydrogen (secondary N) is 1. The van der Waals surface area contributed by atoms with Crippen molar-refractivity contribution >= 4 is 46.1 Å². The van der Waals surface area contributed by atoms with E-state index in [1.807, 2.05) is 23.8 Å². The van der Waals surface area contributed by atoms with Crippen LogP contribution in [0.25, 0.3) is 0 Å². The van der Waals surface area contributed by atoms with Crippen molar-refractivity contribution in [3.63, 3.8) is 0 Å². The van der Waals surface area contributed by atoms with Gasteiger partial charge >= 0.3 is 0 Å². The van der Waals surface area contributed by atoms with E-state index in [0.717, 1.165) is 11.1 Å². The molecular weight excluding hydrogens is 291 g/mol. The van der Waals surface area contributed by atoms with Gasteiger partial charge in [-0.15, -0.1) is 0 Å². The second-order valence-electron chi connectivity index (χ2n) is 3.78. The Kier molecular flexibility index (Phi) is 4.22. The second-order valence-corrected chi connectivity index (χ2v) is 5.31. The van der Waals surface area contributed by atoms with Gasteiger partial charge in [-0.3, -0.25) is 4.79 Å². The van der Waals surface area contributed by atoms with Gasteiger partial charge in [0.05, 0.1) is 12.1 Å². The number of thiophene rings is 1. The van der Waals surface area contributed by atoms with Crippen LogP contribution in [0.4, 0.5) is 5.69 Å². The van der Waals surface area contributed by atoms with Gasteiger partial charge in [0.15, 0.2) is 5.15 Å². The van der Waals surface area contributed by atoms with Crippen LogP contribution in [0, 0.1) is 6.92 Å². The molecule has 1 amide bonds. The zero-order valence-electron chi connectivity index (χ0n) is 9.54. The van der Waals surface area contributed by atoms with E-state index >= 15 is 0 Å². The van der Waals surface area contributed by atoms with Crippen LogP contribution in [0.1, 0.15) is 11.1 Å². The molecule has 2 heterocycles. The van der Waals surface area contributed by atoms with Crippen LogP contribution < -0.4 is 5.32 Å². The molecule has 0 saturated carbocycles. The smallest absolute Gasteiger partial charge is 0.228 e. The van der Waals surface area contributed by atoms with E-state index in [2.05, 4.69) is 10.3 Å². The molecule has 18 heavy (non-hydrogen) atoms. The minimum absolute atomic E-state index is 0.123. The topological polar surface area (TPSA) is 42.0 Å². The summed E-state index contributed by atoms with van der Waals surface area (Å²) < 4.78 is 0. The number of hydrogen-bond acceptors (Lipinski definition) is 3. The Balaban J connectivity index is 2.12.